The van der Waals surface area contributed by atoms with E-state index in [1.54, 1.807) is 5.32 Å². The molecule has 5 heteroatoms. The van der Waals surface area contributed by atoms with Gasteiger partial charge >= 0.3 is 0 Å². The minimum Gasteiger partial charge on any atom is -0.544 e. The number of anilines is 1. The number of hydrogen-bond acceptors (Lipinski definition) is 3. The zero-order valence-corrected chi connectivity index (χ0v) is 12.3. The molecule has 0 aromatic heterocycles. The second-order valence-corrected chi connectivity index (χ2v) is 5.39. The van der Waals surface area contributed by atoms with Crippen LogP contribution in [0.15, 0.2) is 53.0 Å². The number of carboxylic acids is 1. The van der Waals surface area contributed by atoms with Crippen LogP contribution in [0.1, 0.15) is 17.2 Å². The number of aliphatic carboxylic acids is 1. The lowest BCUT2D eigenvalue weighted by atomic mass is 9.97. The smallest absolute Gasteiger partial charge is 0.140 e. The maximum absolute atomic E-state index is 10.7. The van der Waals surface area contributed by atoms with Crippen LogP contribution in [0.25, 0.3) is 0 Å². The van der Waals surface area contributed by atoms with Crippen LogP contribution in [-0.2, 0) is 4.79 Å². The molecule has 0 bridgehead atoms. The van der Waals surface area contributed by atoms with Gasteiger partial charge in [0.25, 0.3) is 0 Å². The largest absolute Gasteiger partial charge is 0.544 e. The molecule has 0 aliphatic heterocycles. The standard InChI is InChI=1S/C15H15BrN2O2/c16-11-6-7-13(17)12(8-11)15(18-9-14(19)20)10-4-2-1-3-5-10/h1-8,15,18H,9,17H2,(H,19,20)/t15-/m0/s1. The third-order valence-corrected chi connectivity index (χ3v) is 3.56. The van der Waals surface area contributed by atoms with Crippen molar-refractivity contribution in [3.05, 3.63) is 64.1 Å². The fourth-order valence-electron chi connectivity index (χ4n) is 2.13. The molecule has 0 radical (unpaired) electrons. The molecule has 20 heavy (non-hydrogen) atoms. The molecule has 0 amide bonds. The zero-order chi connectivity index (χ0) is 14.5. The lowest BCUT2D eigenvalue weighted by Gasteiger charge is -2.19. The van der Waals surface area contributed by atoms with Gasteiger partial charge in [-0.25, -0.2) is 0 Å². The van der Waals surface area contributed by atoms with Crippen molar-refractivity contribution >= 4 is 27.6 Å². The van der Waals surface area contributed by atoms with E-state index < -0.39 is 5.97 Å². The summed E-state index contributed by atoms with van der Waals surface area (Å²) in [6.07, 6.45) is 0. The normalized spacial score (nSPS) is 12.1. The van der Waals surface area contributed by atoms with Gasteiger partial charge < -0.3 is 21.0 Å². The summed E-state index contributed by atoms with van der Waals surface area (Å²) in [6, 6.07) is 15.1. The maximum Gasteiger partial charge on any atom is 0.140 e. The Hall–Kier alpha value is -1.85. The van der Waals surface area contributed by atoms with Crippen molar-refractivity contribution in [1.29, 1.82) is 0 Å². The van der Waals surface area contributed by atoms with E-state index >= 15 is 0 Å². The van der Waals surface area contributed by atoms with Crippen LogP contribution < -0.4 is 16.2 Å². The van der Waals surface area contributed by atoms with Crippen molar-refractivity contribution in [3.8, 4) is 0 Å². The van der Waals surface area contributed by atoms with Crippen LogP contribution in [0.4, 0.5) is 5.69 Å². The van der Waals surface area contributed by atoms with E-state index in [-0.39, 0.29) is 12.6 Å². The van der Waals surface area contributed by atoms with E-state index in [0.29, 0.717) is 5.69 Å². The molecule has 0 spiro atoms. The number of hydrogen-bond donors (Lipinski definition) is 2. The molecule has 2 aromatic carbocycles. The second kappa shape index (κ2) is 6.54. The van der Waals surface area contributed by atoms with E-state index in [9.17, 15) is 9.90 Å². The number of nitrogens with two attached hydrogens (primary N) is 2. The van der Waals surface area contributed by atoms with Gasteiger partial charge in [-0.3, -0.25) is 0 Å². The van der Waals surface area contributed by atoms with Gasteiger partial charge in [-0.2, -0.15) is 0 Å². The minimum absolute atomic E-state index is 0.120. The van der Waals surface area contributed by atoms with Gasteiger partial charge in [0.05, 0.1) is 5.97 Å². The Morgan fingerprint density at radius 1 is 1.25 bits per heavy atom. The first-order chi connectivity index (χ1) is 9.58. The van der Waals surface area contributed by atoms with Crippen LogP contribution in [-0.4, -0.2) is 12.5 Å². The van der Waals surface area contributed by atoms with Gasteiger partial charge in [0.2, 0.25) is 0 Å². The molecule has 0 aliphatic rings. The van der Waals surface area contributed by atoms with E-state index in [0.717, 1.165) is 15.6 Å². The summed E-state index contributed by atoms with van der Waals surface area (Å²) >= 11 is 3.42. The first kappa shape index (κ1) is 14.6. The fourth-order valence-corrected chi connectivity index (χ4v) is 2.51. The van der Waals surface area contributed by atoms with Gasteiger partial charge in [0, 0.05) is 21.3 Å². The number of nitrogen functional groups attached to an aromatic ring is 1. The molecule has 1 atom stereocenters. The molecular formula is C15H15BrN2O2. The highest BCUT2D eigenvalue weighted by atomic mass is 79.9. The van der Waals surface area contributed by atoms with Crippen LogP contribution in [0.5, 0.6) is 0 Å². The summed E-state index contributed by atoms with van der Waals surface area (Å²) < 4.78 is 0.907. The molecule has 0 saturated heterocycles. The molecule has 0 heterocycles. The lowest BCUT2D eigenvalue weighted by molar-refractivity contribution is -0.682. The third kappa shape index (κ3) is 3.59. The van der Waals surface area contributed by atoms with Gasteiger partial charge in [-0.15, -0.1) is 0 Å². The van der Waals surface area contributed by atoms with Gasteiger partial charge in [-0.05, 0) is 18.2 Å². The lowest BCUT2D eigenvalue weighted by Crippen LogP contribution is -2.88. The summed E-state index contributed by atoms with van der Waals surface area (Å²) in [5, 5.41) is 12.4. The molecule has 104 valence electrons. The predicted octanol–water partition coefficient (Wildman–Crippen LogP) is 0.434. The zero-order valence-electron chi connectivity index (χ0n) is 10.8. The molecule has 4 nitrogen and oxygen atoms in total. The van der Waals surface area contributed by atoms with Crippen LogP contribution in [0, 0.1) is 0 Å². The predicted molar refractivity (Wildman–Crippen MR) is 78.6 cm³/mol. The van der Waals surface area contributed by atoms with Gasteiger partial charge in [0.15, 0.2) is 0 Å². The molecule has 2 rings (SSSR count). The van der Waals surface area contributed by atoms with Crippen molar-refractivity contribution < 1.29 is 15.2 Å². The highest BCUT2D eigenvalue weighted by Crippen LogP contribution is 2.26. The fraction of sp³-hybridized carbons (Fsp3) is 0.133. The highest BCUT2D eigenvalue weighted by molar-refractivity contribution is 9.10. The molecule has 0 aliphatic carbocycles. The number of quaternary nitrogens is 1. The minimum atomic E-state index is -1.10. The first-order valence-electron chi connectivity index (χ1n) is 6.21. The van der Waals surface area contributed by atoms with Crippen molar-refractivity contribution in [2.75, 3.05) is 12.3 Å². The topological polar surface area (TPSA) is 82.8 Å². The van der Waals surface area contributed by atoms with Crippen molar-refractivity contribution in [2.45, 2.75) is 6.04 Å². The molecule has 0 saturated carbocycles. The highest BCUT2D eigenvalue weighted by Gasteiger charge is 2.20. The van der Waals surface area contributed by atoms with Crippen molar-refractivity contribution in [2.24, 2.45) is 0 Å². The van der Waals surface area contributed by atoms with Gasteiger partial charge in [0.1, 0.15) is 12.6 Å². The number of carbonyl (C=O) groups excluding carboxylic acids is 1. The average molecular weight is 335 g/mol. The summed E-state index contributed by atoms with van der Waals surface area (Å²) in [4.78, 5) is 10.7. The van der Waals surface area contributed by atoms with E-state index in [1.807, 2.05) is 48.5 Å². The van der Waals surface area contributed by atoms with Crippen LogP contribution in [0.2, 0.25) is 0 Å². The summed E-state index contributed by atoms with van der Waals surface area (Å²) in [7, 11) is 0. The van der Waals surface area contributed by atoms with Crippen LogP contribution >= 0.6 is 15.9 Å². The first-order valence-corrected chi connectivity index (χ1v) is 7.00. The summed E-state index contributed by atoms with van der Waals surface area (Å²) in [5.41, 5.74) is 8.55. The van der Waals surface area contributed by atoms with Crippen molar-refractivity contribution in [3.63, 3.8) is 0 Å². The Balaban J connectivity index is 2.40. The molecular weight excluding hydrogens is 320 g/mol. The Morgan fingerprint density at radius 2 is 1.95 bits per heavy atom. The number of rotatable bonds is 5. The maximum atomic E-state index is 10.7. The second-order valence-electron chi connectivity index (χ2n) is 4.47. The third-order valence-electron chi connectivity index (χ3n) is 3.06. The molecule has 0 fully saturated rings. The Labute approximate surface area is 125 Å². The number of carboxylic acid groups (broad SMARTS) is 1. The molecule has 0 unspecified atom stereocenters. The van der Waals surface area contributed by atoms with E-state index in [1.165, 1.54) is 0 Å². The van der Waals surface area contributed by atoms with E-state index in [2.05, 4.69) is 15.9 Å². The quantitative estimate of drug-likeness (QED) is 0.778. The number of halogens is 1. The monoisotopic (exact) mass is 334 g/mol. The van der Waals surface area contributed by atoms with Crippen molar-refractivity contribution in [1.82, 2.24) is 0 Å². The number of benzene rings is 2. The Kier molecular flexibility index (Phi) is 4.76. The average Bonchev–Trinajstić information content (AvgIpc) is 2.43. The summed E-state index contributed by atoms with van der Waals surface area (Å²) in [5.74, 6) is -1.10. The van der Waals surface area contributed by atoms with Crippen LogP contribution in [0.3, 0.4) is 0 Å². The SMILES string of the molecule is Nc1ccc(Br)cc1[C@@H]([NH2+]CC(=O)[O-])c1ccccc1. The Bertz CT molecular complexity index is 602. The van der Waals surface area contributed by atoms with Gasteiger partial charge in [-0.1, -0.05) is 46.3 Å². The van der Waals surface area contributed by atoms with E-state index in [4.69, 9.17) is 5.73 Å². The molecule has 4 N–H and O–H groups in total. The number of carbonyl (C=O) groups is 1. The Morgan fingerprint density at radius 3 is 2.60 bits per heavy atom. The summed E-state index contributed by atoms with van der Waals surface area (Å²) in [6.45, 7) is -0.120. The molecule has 2 aromatic rings.